The number of hydrogen-bond donors (Lipinski definition) is 0. The maximum Gasteiger partial charge on any atom is 2.00 e. The van der Waals surface area contributed by atoms with E-state index in [2.05, 4.69) is 13.5 Å². The molecule has 0 bridgehead atoms. The number of allylic oxidation sites excluding steroid dienone is 1. The molecule has 0 fully saturated rings. The van der Waals surface area contributed by atoms with Crippen molar-refractivity contribution in [1.82, 2.24) is 0 Å². The Morgan fingerprint density at radius 2 is 2.29 bits per heavy atom. The van der Waals surface area contributed by atoms with Crippen molar-refractivity contribution in [2.24, 2.45) is 0 Å². The Kier molecular flexibility index (Phi) is 15.7. The minimum atomic E-state index is 0. The summed E-state index contributed by atoms with van der Waals surface area (Å²) in [6, 6.07) is 0. The third-order valence-electron chi connectivity index (χ3n) is 0.762. The Morgan fingerprint density at radius 3 is 2.43 bits per heavy atom. The average Bonchev–Trinajstić information content (AvgIpc) is 1.61. The van der Waals surface area contributed by atoms with Gasteiger partial charge >= 0.3 is 37.7 Å². The first-order chi connectivity index (χ1) is 2.91. The predicted molar refractivity (Wildman–Crippen MR) is 37.7 cm³/mol. The van der Waals surface area contributed by atoms with Gasteiger partial charge in [0.15, 0.2) is 0 Å². The van der Waals surface area contributed by atoms with Gasteiger partial charge in [0.2, 0.25) is 0 Å². The molecule has 7 heavy (non-hydrogen) atoms. The van der Waals surface area contributed by atoms with Gasteiger partial charge in [0.25, 0.3) is 0 Å². The molecule has 0 rings (SSSR count). The zero-order chi connectivity index (χ0) is 4.83. The molecule has 40 valence electrons. The van der Waals surface area contributed by atoms with Gasteiger partial charge in [0, 0.05) is 0 Å². The SMILES string of the molecule is C=CCCCC.[Ca+2].[H-].[H-]. The molecule has 0 aliphatic heterocycles. The summed E-state index contributed by atoms with van der Waals surface area (Å²) in [6.07, 6.45) is 5.72. The van der Waals surface area contributed by atoms with E-state index in [1.807, 2.05) is 6.08 Å². The Bertz CT molecular complexity index is 40.0. The van der Waals surface area contributed by atoms with Gasteiger partial charge in [-0.25, -0.2) is 0 Å². The van der Waals surface area contributed by atoms with E-state index in [0.29, 0.717) is 0 Å². The molecule has 0 aromatic heterocycles. The van der Waals surface area contributed by atoms with Crippen LogP contribution in [0.5, 0.6) is 0 Å². The average molecular weight is 126 g/mol. The summed E-state index contributed by atoms with van der Waals surface area (Å²) in [5, 5.41) is 0. The minimum Gasteiger partial charge on any atom is -1.00 e. The van der Waals surface area contributed by atoms with Crippen LogP contribution in [-0.2, 0) is 0 Å². The zero-order valence-electron chi connectivity index (χ0n) is 7.11. The van der Waals surface area contributed by atoms with Crippen molar-refractivity contribution in [1.29, 1.82) is 0 Å². The van der Waals surface area contributed by atoms with Gasteiger partial charge in [0.05, 0.1) is 0 Å². The van der Waals surface area contributed by atoms with Gasteiger partial charge in [-0.3, -0.25) is 0 Å². The third-order valence-corrected chi connectivity index (χ3v) is 0.762. The minimum absolute atomic E-state index is 0. The van der Waals surface area contributed by atoms with E-state index in [9.17, 15) is 0 Å². The van der Waals surface area contributed by atoms with Gasteiger partial charge < -0.3 is 2.85 Å². The quantitative estimate of drug-likeness (QED) is 0.309. The van der Waals surface area contributed by atoms with Gasteiger partial charge in [-0.1, -0.05) is 25.8 Å². The number of rotatable bonds is 3. The van der Waals surface area contributed by atoms with Crippen molar-refractivity contribution in [3.05, 3.63) is 12.7 Å². The van der Waals surface area contributed by atoms with Crippen LogP contribution in [0.15, 0.2) is 12.7 Å². The topological polar surface area (TPSA) is 0 Å². The molecule has 0 aromatic rings. The Morgan fingerprint density at radius 1 is 1.71 bits per heavy atom. The van der Waals surface area contributed by atoms with E-state index >= 15 is 0 Å². The second-order valence-electron chi connectivity index (χ2n) is 1.43. The van der Waals surface area contributed by atoms with Crippen LogP contribution in [0.1, 0.15) is 29.0 Å². The van der Waals surface area contributed by atoms with Crippen molar-refractivity contribution in [3.8, 4) is 0 Å². The maximum atomic E-state index is 3.60. The molecule has 0 unspecified atom stereocenters. The third kappa shape index (κ3) is 10.9. The normalized spacial score (nSPS) is 7.00. The number of unbranched alkanes of at least 4 members (excludes halogenated alkanes) is 2. The van der Waals surface area contributed by atoms with Crippen molar-refractivity contribution in [2.45, 2.75) is 26.2 Å². The summed E-state index contributed by atoms with van der Waals surface area (Å²) in [4.78, 5) is 0. The molecule has 0 N–H and O–H groups in total. The molecule has 0 heterocycles. The fourth-order valence-electron chi connectivity index (χ4n) is 0.348. The molecule has 0 aromatic carbocycles. The van der Waals surface area contributed by atoms with E-state index in [4.69, 9.17) is 0 Å². The second kappa shape index (κ2) is 10.1. The molecular formula is C6H14Ca. The van der Waals surface area contributed by atoms with Crippen LogP contribution in [0, 0.1) is 0 Å². The second-order valence-corrected chi connectivity index (χ2v) is 1.43. The van der Waals surface area contributed by atoms with Crippen molar-refractivity contribution in [2.75, 3.05) is 0 Å². The molecule has 0 atom stereocenters. The van der Waals surface area contributed by atoms with Gasteiger partial charge in [-0.05, 0) is 6.42 Å². The summed E-state index contributed by atoms with van der Waals surface area (Å²) in [5.74, 6) is 0. The predicted octanol–water partition coefficient (Wildman–Crippen LogP) is 2.21. The van der Waals surface area contributed by atoms with E-state index in [1.165, 1.54) is 19.3 Å². The smallest absolute Gasteiger partial charge is 1.00 e. The van der Waals surface area contributed by atoms with Crippen molar-refractivity contribution in [3.63, 3.8) is 0 Å². The molecule has 0 spiro atoms. The summed E-state index contributed by atoms with van der Waals surface area (Å²) >= 11 is 0. The maximum absolute atomic E-state index is 3.60. The molecule has 0 nitrogen and oxygen atoms in total. The molecular weight excluding hydrogens is 112 g/mol. The molecule has 0 saturated heterocycles. The zero-order valence-corrected chi connectivity index (χ0v) is 7.32. The van der Waals surface area contributed by atoms with Crippen molar-refractivity contribution < 1.29 is 2.85 Å². The summed E-state index contributed by atoms with van der Waals surface area (Å²) in [7, 11) is 0. The Labute approximate surface area is 79.0 Å². The van der Waals surface area contributed by atoms with E-state index in [-0.39, 0.29) is 40.6 Å². The van der Waals surface area contributed by atoms with Gasteiger partial charge in [0.1, 0.15) is 0 Å². The molecule has 1 heteroatoms. The van der Waals surface area contributed by atoms with Crippen molar-refractivity contribution >= 4 is 37.7 Å². The largest absolute Gasteiger partial charge is 2.00 e. The van der Waals surface area contributed by atoms with Crippen LogP contribution in [-0.4, -0.2) is 37.7 Å². The summed E-state index contributed by atoms with van der Waals surface area (Å²) in [5.41, 5.74) is 0. The monoisotopic (exact) mass is 126 g/mol. The van der Waals surface area contributed by atoms with Crippen LogP contribution in [0.2, 0.25) is 0 Å². The van der Waals surface area contributed by atoms with Crippen LogP contribution >= 0.6 is 0 Å². The van der Waals surface area contributed by atoms with Gasteiger partial charge in [-0.15, -0.1) is 6.58 Å². The summed E-state index contributed by atoms with van der Waals surface area (Å²) < 4.78 is 0. The molecule has 0 radical (unpaired) electrons. The summed E-state index contributed by atoms with van der Waals surface area (Å²) in [6.45, 7) is 5.78. The van der Waals surface area contributed by atoms with Crippen LogP contribution in [0.4, 0.5) is 0 Å². The van der Waals surface area contributed by atoms with E-state index in [0.717, 1.165) is 0 Å². The Balaban J connectivity index is -0.0000000417. The molecule has 0 aliphatic rings. The first-order valence-electron chi connectivity index (χ1n) is 2.52. The Hall–Kier alpha value is 1.000. The fourth-order valence-corrected chi connectivity index (χ4v) is 0.348. The van der Waals surface area contributed by atoms with Crippen LogP contribution in [0.3, 0.4) is 0 Å². The molecule has 0 aliphatic carbocycles. The van der Waals surface area contributed by atoms with E-state index < -0.39 is 0 Å². The first-order valence-corrected chi connectivity index (χ1v) is 2.52. The molecule has 0 saturated carbocycles. The first kappa shape index (κ1) is 10.9. The fraction of sp³-hybridized carbons (Fsp3) is 0.667. The van der Waals surface area contributed by atoms with E-state index in [1.54, 1.807) is 0 Å². The molecule has 0 amide bonds. The number of hydrogen-bond acceptors (Lipinski definition) is 0. The van der Waals surface area contributed by atoms with Gasteiger partial charge in [-0.2, -0.15) is 0 Å². The van der Waals surface area contributed by atoms with Crippen LogP contribution in [0.25, 0.3) is 0 Å². The standard InChI is InChI=1S/C6H12.Ca.2H/c1-3-5-6-4-2;;;/h3H,1,4-6H2,2H3;;;/q;+2;2*-1. The van der Waals surface area contributed by atoms with Crippen LogP contribution < -0.4 is 0 Å².